The minimum atomic E-state index is 0.182. The molecular formula is C20H20BrN3O. The Morgan fingerprint density at radius 2 is 1.72 bits per heavy atom. The molecule has 25 heavy (non-hydrogen) atoms. The molecule has 0 spiro atoms. The summed E-state index contributed by atoms with van der Waals surface area (Å²) in [6, 6.07) is 16.1. The van der Waals surface area contributed by atoms with E-state index in [2.05, 4.69) is 20.5 Å². The lowest BCUT2D eigenvalue weighted by molar-refractivity contribution is -0.132. The third kappa shape index (κ3) is 3.33. The Bertz CT molecular complexity index is 895. The van der Waals surface area contributed by atoms with Crippen molar-refractivity contribution in [3.8, 4) is 11.4 Å². The smallest absolute Gasteiger partial charge is 0.242 e. The first kappa shape index (κ1) is 16.3. The van der Waals surface area contributed by atoms with Gasteiger partial charge >= 0.3 is 0 Å². The van der Waals surface area contributed by atoms with Crippen LogP contribution in [0.15, 0.2) is 53.0 Å². The largest absolute Gasteiger partial charge is 0.341 e. The number of aromatic nitrogens is 2. The van der Waals surface area contributed by atoms with Gasteiger partial charge in [-0.2, -0.15) is 0 Å². The van der Waals surface area contributed by atoms with Gasteiger partial charge in [-0.25, -0.2) is 4.98 Å². The van der Waals surface area contributed by atoms with Crippen molar-refractivity contribution >= 4 is 32.9 Å². The Balaban J connectivity index is 1.74. The Hall–Kier alpha value is -2.14. The fourth-order valence-electron chi connectivity index (χ4n) is 3.43. The van der Waals surface area contributed by atoms with Crippen LogP contribution in [0.5, 0.6) is 0 Å². The Kier molecular flexibility index (Phi) is 4.57. The molecule has 0 atom stereocenters. The van der Waals surface area contributed by atoms with E-state index in [4.69, 9.17) is 4.98 Å². The van der Waals surface area contributed by atoms with Crippen LogP contribution in [0.2, 0.25) is 0 Å². The SMILES string of the molecule is O=C(Cn1c(-c2ccc(Br)cc2)nc2ccccc21)N1CCCCC1. The molecule has 1 aliphatic heterocycles. The molecule has 1 saturated heterocycles. The molecule has 0 N–H and O–H groups in total. The summed E-state index contributed by atoms with van der Waals surface area (Å²) in [5.74, 6) is 1.03. The van der Waals surface area contributed by atoms with E-state index in [1.165, 1.54) is 6.42 Å². The number of carbonyl (C=O) groups excluding carboxylic acids is 1. The second-order valence-electron chi connectivity index (χ2n) is 6.46. The molecule has 3 aromatic rings. The number of fused-ring (bicyclic) bond motifs is 1. The molecule has 1 amide bonds. The van der Waals surface area contributed by atoms with E-state index in [0.717, 1.165) is 52.8 Å². The van der Waals surface area contributed by atoms with Crippen molar-refractivity contribution in [2.75, 3.05) is 13.1 Å². The Labute approximate surface area is 155 Å². The molecule has 2 aromatic carbocycles. The first-order valence-corrected chi connectivity index (χ1v) is 9.51. The monoisotopic (exact) mass is 397 g/mol. The minimum absolute atomic E-state index is 0.182. The van der Waals surface area contributed by atoms with Crippen LogP contribution in [-0.4, -0.2) is 33.4 Å². The van der Waals surface area contributed by atoms with Gasteiger partial charge in [0.25, 0.3) is 0 Å². The third-order valence-electron chi connectivity index (χ3n) is 4.76. The lowest BCUT2D eigenvalue weighted by Gasteiger charge is -2.27. The maximum atomic E-state index is 12.8. The van der Waals surface area contributed by atoms with Crippen LogP contribution in [0.3, 0.4) is 0 Å². The van der Waals surface area contributed by atoms with Crippen LogP contribution in [0, 0.1) is 0 Å². The highest BCUT2D eigenvalue weighted by Crippen LogP contribution is 2.26. The number of benzene rings is 2. The zero-order chi connectivity index (χ0) is 17.2. The molecule has 4 nitrogen and oxygen atoms in total. The number of rotatable bonds is 3. The summed E-state index contributed by atoms with van der Waals surface area (Å²) in [6.07, 6.45) is 3.44. The van der Waals surface area contributed by atoms with Gasteiger partial charge in [0.2, 0.25) is 5.91 Å². The average Bonchev–Trinajstić information content (AvgIpc) is 3.02. The summed E-state index contributed by atoms with van der Waals surface area (Å²) in [6.45, 7) is 2.09. The van der Waals surface area contributed by atoms with Gasteiger partial charge in [0.05, 0.1) is 11.0 Å². The number of piperidine rings is 1. The molecular weight excluding hydrogens is 378 g/mol. The molecule has 2 heterocycles. The molecule has 0 bridgehead atoms. The third-order valence-corrected chi connectivity index (χ3v) is 5.29. The topological polar surface area (TPSA) is 38.1 Å². The summed E-state index contributed by atoms with van der Waals surface area (Å²) < 4.78 is 3.08. The Morgan fingerprint density at radius 3 is 2.48 bits per heavy atom. The number of para-hydroxylation sites is 2. The van der Waals surface area contributed by atoms with Crippen LogP contribution in [-0.2, 0) is 11.3 Å². The number of amides is 1. The second kappa shape index (κ2) is 7.00. The molecule has 0 unspecified atom stereocenters. The molecule has 1 fully saturated rings. The van der Waals surface area contributed by atoms with E-state index in [1.54, 1.807) is 0 Å². The van der Waals surface area contributed by atoms with E-state index in [-0.39, 0.29) is 5.91 Å². The molecule has 4 rings (SSSR count). The van der Waals surface area contributed by atoms with Gasteiger partial charge in [-0.3, -0.25) is 4.79 Å². The molecule has 0 aliphatic carbocycles. The summed E-state index contributed by atoms with van der Waals surface area (Å²) in [5, 5.41) is 0. The zero-order valence-corrected chi connectivity index (χ0v) is 15.6. The standard InChI is InChI=1S/C20H20BrN3O/c21-16-10-8-15(9-11-16)20-22-17-6-2-3-7-18(17)24(20)14-19(25)23-12-4-1-5-13-23/h2-3,6-11H,1,4-5,12-14H2. The van der Waals surface area contributed by atoms with Crippen molar-refractivity contribution in [1.29, 1.82) is 0 Å². The number of halogens is 1. The van der Waals surface area contributed by atoms with E-state index in [9.17, 15) is 4.79 Å². The predicted octanol–water partition coefficient (Wildman–Crippen LogP) is 4.48. The van der Waals surface area contributed by atoms with Crippen LogP contribution >= 0.6 is 15.9 Å². The van der Waals surface area contributed by atoms with Gasteiger partial charge in [0.1, 0.15) is 12.4 Å². The minimum Gasteiger partial charge on any atom is -0.341 e. The van der Waals surface area contributed by atoms with E-state index >= 15 is 0 Å². The fraction of sp³-hybridized carbons (Fsp3) is 0.300. The van der Waals surface area contributed by atoms with Crippen molar-refractivity contribution in [3.05, 3.63) is 53.0 Å². The highest BCUT2D eigenvalue weighted by atomic mass is 79.9. The number of hydrogen-bond donors (Lipinski definition) is 0. The highest BCUT2D eigenvalue weighted by molar-refractivity contribution is 9.10. The van der Waals surface area contributed by atoms with Crippen molar-refractivity contribution in [2.24, 2.45) is 0 Å². The summed E-state index contributed by atoms with van der Waals surface area (Å²) in [5.41, 5.74) is 2.95. The average molecular weight is 398 g/mol. The first-order chi connectivity index (χ1) is 12.2. The number of hydrogen-bond acceptors (Lipinski definition) is 2. The van der Waals surface area contributed by atoms with Gasteiger partial charge in [0.15, 0.2) is 0 Å². The Morgan fingerprint density at radius 1 is 1.00 bits per heavy atom. The first-order valence-electron chi connectivity index (χ1n) is 8.71. The molecule has 0 radical (unpaired) electrons. The van der Waals surface area contributed by atoms with E-state index < -0.39 is 0 Å². The maximum absolute atomic E-state index is 12.8. The lowest BCUT2D eigenvalue weighted by atomic mass is 10.1. The fourth-order valence-corrected chi connectivity index (χ4v) is 3.70. The number of carbonyl (C=O) groups is 1. The van der Waals surface area contributed by atoms with E-state index in [1.807, 2.05) is 53.4 Å². The van der Waals surface area contributed by atoms with Crippen LogP contribution in [0.1, 0.15) is 19.3 Å². The zero-order valence-electron chi connectivity index (χ0n) is 14.0. The molecule has 1 aliphatic rings. The number of nitrogens with zero attached hydrogens (tertiary/aromatic N) is 3. The quantitative estimate of drug-likeness (QED) is 0.653. The predicted molar refractivity (Wildman–Crippen MR) is 103 cm³/mol. The summed E-state index contributed by atoms with van der Waals surface area (Å²) in [4.78, 5) is 19.6. The molecule has 5 heteroatoms. The van der Waals surface area contributed by atoms with Gasteiger partial charge in [-0.05, 0) is 43.5 Å². The number of likely N-dealkylation sites (tertiary alicyclic amines) is 1. The van der Waals surface area contributed by atoms with Crippen LogP contribution < -0.4 is 0 Å². The van der Waals surface area contributed by atoms with Gasteiger partial charge < -0.3 is 9.47 Å². The van der Waals surface area contributed by atoms with Crippen molar-refractivity contribution in [1.82, 2.24) is 14.5 Å². The molecule has 128 valence electrons. The van der Waals surface area contributed by atoms with Crippen LogP contribution in [0.25, 0.3) is 22.4 Å². The van der Waals surface area contributed by atoms with Crippen molar-refractivity contribution in [3.63, 3.8) is 0 Å². The second-order valence-corrected chi connectivity index (χ2v) is 7.37. The highest BCUT2D eigenvalue weighted by Gasteiger charge is 2.20. The lowest BCUT2D eigenvalue weighted by Crippen LogP contribution is -2.37. The van der Waals surface area contributed by atoms with Gasteiger partial charge in [-0.1, -0.05) is 40.2 Å². The van der Waals surface area contributed by atoms with Crippen LogP contribution in [0.4, 0.5) is 0 Å². The summed E-state index contributed by atoms with van der Waals surface area (Å²) in [7, 11) is 0. The van der Waals surface area contributed by atoms with Crippen molar-refractivity contribution in [2.45, 2.75) is 25.8 Å². The maximum Gasteiger partial charge on any atom is 0.242 e. The van der Waals surface area contributed by atoms with Gasteiger partial charge in [-0.15, -0.1) is 0 Å². The number of imidazole rings is 1. The van der Waals surface area contributed by atoms with Gasteiger partial charge in [0, 0.05) is 23.1 Å². The molecule has 0 saturated carbocycles. The van der Waals surface area contributed by atoms with E-state index in [0.29, 0.717) is 6.54 Å². The van der Waals surface area contributed by atoms with Crippen molar-refractivity contribution < 1.29 is 4.79 Å². The molecule has 1 aromatic heterocycles. The summed E-state index contributed by atoms with van der Waals surface area (Å²) >= 11 is 3.48. The normalized spacial score (nSPS) is 14.8.